The number of hydrogen-bond acceptors (Lipinski definition) is 1. The van der Waals surface area contributed by atoms with E-state index >= 15 is 0 Å². The van der Waals surface area contributed by atoms with Gasteiger partial charge >= 0.3 is 0 Å². The van der Waals surface area contributed by atoms with Crippen LogP contribution in [0.3, 0.4) is 0 Å². The second-order valence-electron chi connectivity index (χ2n) is 3.42. The van der Waals surface area contributed by atoms with Crippen LogP contribution in [0.2, 0.25) is 0 Å². The van der Waals surface area contributed by atoms with Gasteiger partial charge in [0.25, 0.3) is 0 Å². The smallest absolute Gasteiger partial charge is 0.132 e. The average molecular weight is 192 g/mol. The monoisotopic (exact) mass is 192 g/mol. The summed E-state index contributed by atoms with van der Waals surface area (Å²) in [6.45, 7) is 2.01. The third-order valence-corrected chi connectivity index (χ3v) is 2.58. The molecule has 0 fully saturated rings. The molecule has 0 saturated carbocycles. The molecule has 1 aromatic carbocycles. The van der Waals surface area contributed by atoms with Crippen LogP contribution in [-0.4, -0.2) is 12.0 Å². The topological polar surface area (TPSA) is 27.8 Å². The SMILES string of the molecule is CNC(C)c1c[nH]c2cccc(F)c12. The number of fused-ring (bicyclic) bond motifs is 1. The number of H-pyrrole nitrogens is 1. The van der Waals surface area contributed by atoms with E-state index in [0.29, 0.717) is 5.39 Å². The molecule has 2 aromatic rings. The van der Waals surface area contributed by atoms with Gasteiger partial charge in [-0.1, -0.05) is 6.07 Å². The summed E-state index contributed by atoms with van der Waals surface area (Å²) < 4.78 is 13.5. The zero-order valence-electron chi connectivity index (χ0n) is 8.26. The Morgan fingerprint density at radius 1 is 1.43 bits per heavy atom. The molecule has 0 radical (unpaired) electrons. The maximum absolute atomic E-state index is 13.5. The molecule has 2 N–H and O–H groups in total. The van der Waals surface area contributed by atoms with E-state index < -0.39 is 0 Å². The van der Waals surface area contributed by atoms with Gasteiger partial charge < -0.3 is 10.3 Å². The van der Waals surface area contributed by atoms with Crippen molar-refractivity contribution in [2.24, 2.45) is 0 Å². The Balaban J connectivity index is 2.67. The summed E-state index contributed by atoms with van der Waals surface area (Å²) in [6.07, 6.45) is 1.86. The van der Waals surface area contributed by atoms with Crippen LogP contribution in [0.4, 0.5) is 4.39 Å². The highest BCUT2D eigenvalue weighted by Crippen LogP contribution is 2.25. The molecule has 0 aliphatic carbocycles. The van der Waals surface area contributed by atoms with Crippen molar-refractivity contribution in [1.29, 1.82) is 0 Å². The van der Waals surface area contributed by atoms with Gasteiger partial charge in [-0.15, -0.1) is 0 Å². The first-order valence-corrected chi connectivity index (χ1v) is 4.67. The van der Waals surface area contributed by atoms with Crippen LogP contribution in [0.15, 0.2) is 24.4 Å². The predicted octanol–water partition coefficient (Wildman–Crippen LogP) is 2.59. The van der Waals surface area contributed by atoms with E-state index in [2.05, 4.69) is 10.3 Å². The Morgan fingerprint density at radius 2 is 2.21 bits per heavy atom. The van der Waals surface area contributed by atoms with Crippen LogP contribution in [0, 0.1) is 5.82 Å². The van der Waals surface area contributed by atoms with Gasteiger partial charge in [0.05, 0.1) is 0 Å². The number of hydrogen-bond donors (Lipinski definition) is 2. The van der Waals surface area contributed by atoms with Crippen molar-refractivity contribution in [1.82, 2.24) is 10.3 Å². The van der Waals surface area contributed by atoms with Gasteiger partial charge in [-0.3, -0.25) is 0 Å². The molecule has 1 aromatic heterocycles. The molecule has 0 saturated heterocycles. The van der Waals surface area contributed by atoms with Crippen LogP contribution >= 0.6 is 0 Å². The van der Waals surface area contributed by atoms with Gasteiger partial charge in [-0.2, -0.15) is 0 Å². The summed E-state index contributed by atoms with van der Waals surface area (Å²) in [7, 11) is 1.87. The number of halogens is 1. The minimum atomic E-state index is -0.166. The van der Waals surface area contributed by atoms with E-state index in [4.69, 9.17) is 0 Å². The first-order chi connectivity index (χ1) is 6.74. The third-order valence-electron chi connectivity index (χ3n) is 2.58. The third kappa shape index (κ3) is 1.30. The second kappa shape index (κ2) is 3.42. The first-order valence-electron chi connectivity index (χ1n) is 4.67. The normalized spacial score (nSPS) is 13.4. The van der Waals surface area contributed by atoms with Gasteiger partial charge in [-0.25, -0.2) is 4.39 Å². The maximum Gasteiger partial charge on any atom is 0.132 e. The molecule has 1 unspecified atom stereocenters. The van der Waals surface area contributed by atoms with Crippen molar-refractivity contribution in [2.75, 3.05) is 7.05 Å². The summed E-state index contributed by atoms with van der Waals surface area (Å²) >= 11 is 0. The molecular formula is C11H13FN2. The molecule has 1 heterocycles. The van der Waals surface area contributed by atoms with E-state index in [-0.39, 0.29) is 11.9 Å². The Labute approximate surface area is 82.1 Å². The summed E-state index contributed by atoms with van der Waals surface area (Å²) in [5.74, 6) is -0.166. The standard InChI is InChI=1S/C11H13FN2/c1-7(13-2)8-6-14-10-5-3-4-9(12)11(8)10/h3-7,13-14H,1-2H3. The number of nitrogens with one attached hydrogen (secondary N) is 2. The summed E-state index contributed by atoms with van der Waals surface area (Å²) in [4.78, 5) is 3.06. The molecule has 2 rings (SSSR count). The number of benzene rings is 1. The Bertz CT molecular complexity index is 447. The fraction of sp³-hybridized carbons (Fsp3) is 0.273. The molecule has 0 bridgehead atoms. The van der Waals surface area contributed by atoms with Crippen molar-refractivity contribution in [3.8, 4) is 0 Å². The van der Waals surface area contributed by atoms with Gasteiger partial charge in [0.15, 0.2) is 0 Å². The van der Waals surface area contributed by atoms with Crippen molar-refractivity contribution in [2.45, 2.75) is 13.0 Å². The molecule has 0 aliphatic rings. The molecule has 0 aliphatic heterocycles. The zero-order valence-corrected chi connectivity index (χ0v) is 8.26. The van der Waals surface area contributed by atoms with Crippen LogP contribution in [-0.2, 0) is 0 Å². The maximum atomic E-state index is 13.5. The quantitative estimate of drug-likeness (QED) is 0.752. The lowest BCUT2D eigenvalue weighted by Crippen LogP contribution is -2.11. The van der Waals surface area contributed by atoms with E-state index in [1.54, 1.807) is 6.07 Å². The minimum absolute atomic E-state index is 0.153. The zero-order chi connectivity index (χ0) is 10.1. The number of rotatable bonds is 2. The van der Waals surface area contributed by atoms with Crippen LogP contribution < -0.4 is 5.32 Å². The molecule has 2 nitrogen and oxygen atoms in total. The van der Waals surface area contributed by atoms with Gasteiger partial charge in [-0.05, 0) is 31.7 Å². The molecular weight excluding hydrogens is 179 g/mol. The van der Waals surface area contributed by atoms with Gasteiger partial charge in [0.1, 0.15) is 5.82 Å². The highest BCUT2D eigenvalue weighted by molar-refractivity contribution is 5.84. The van der Waals surface area contributed by atoms with E-state index in [9.17, 15) is 4.39 Å². The van der Waals surface area contributed by atoms with E-state index in [1.807, 2.05) is 26.2 Å². The molecule has 14 heavy (non-hydrogen) atoms. The van der Waals surface area contributed by atoms with Crippen molar-refractivity contribution in [3.63, 3.8) is 0 Å². The largest absolute Gasteiger partial charge is 0.361 e. The highest BCUT2D eigenvalue weighted by atomic mass is 19.1. The van der Waals surface area contributed by atoms with Crippen molar-refractivity contribution in [3.05, 3.63) is 35.8 Å². The second-order valence-corrected chi connectivity index (χ2v) is 3.42. The predicted molar refractivity (Wildman–Crippen MR) is 55.7 cm³/mol. The minimum Gasteiger partial charge on any atom is -0.361 e. The van der Waals surface area contributed by atoms with Crippen LogP contribution in [0.1, 0.15) is 18.5 Å². The molecule has 74 valence electrons. The molecule has 0 spiro atoms. The lowest BCUT2D eigenvalue weighted by molar-refractivity contribution is 0.627. The summed E-state index contributed by atoms with van der Waals surface area (Å²) in [5.41, 5.74) is 1.82. The van der Waals surface area contributed by atoms with Crippen molar-refractivity contribution < 1.29 is 4.39 Å². The number of aromatic amines is 1. The van der Waals surface area contributed by atoms with Crippen LogP contribution in [0.5, 0.6) is 0 Å². The Morgan fingerprint density at radius 3 is 2.93 bits per heavy atom. The number of aromatic nitrogens is 1. The molecule has 0 amide bonds. The lowest BCUT2D eigenvalue weighted by atomic mass is 10.1. The molecule has 1 atom stereocenters. The summed E-state index contributed by atoms with van der Waals surface area (Å²) in [6, 6.07) is 5.23. The van der Waals surface area contributed by atoms with Gasteiger partial charge in [0, 0.05) is 23.1 Å². The van der Waals surface area contributed by atoms with Crippen LogP contribution in [0.25, 0.3) is 10.9 Å². The van der Waals surface area contributed by atoms with E-state index in [1.165, 1.54) is 6.07 Å². The summed E-state index contributed by atoms with van der Waals surface area (Å²) in [5, 5.41) is 3.79. The lowest BCUT2D eigenvalue weighted by Gasteiger charge is -2.08. The molecule has 3 heteroatoms. The fourth-order valence-corrected chi connectivity index (χ4v) is 1.66. The van der Waals surface area contributed by atoms with Gasteiger partial charge in [0.2, 0.25) is 0 Å². The van der Waals surface area contributed by atoms with E-state index in [0.717, 1.165) is 11.1 Å². The average Bonchev–Trinajstić information content (AvgIpc) is 2.62. The Hall–Kier alpha value is -1.35. The van der Waals surface area contributed by atoms with Crippen molar-refractivity contribution >= 4 is 10.9 Å². The first kappa shape index (κ1) is 9.21. The fourth-order valence-electron chi connectivity index (χ4n) is 1.66. The highest BCUT2D eigenvalue weighted by Gasteiger charge is 2.12. The Kier molecular flexibility index (Phi) is 2.25.